The van der Waals surface area contributed by atoms with E-state index in [1.54, 1.807) is 13.3 Å². The van der Waals surface area contributed by atoms with E-state index >= 15 is 0 Å². The van der Waals surface area contributed by atoms with Crippen LogP contribution in [0.5, 0.6) is 5.75 Å². The van der Waals surface area contributed by atoms with Crippen molar-refractivity contribution in [1.82, 2.24) is 0 Å². The molecule has 0 heterocycles. The fourth-order valence-electron chi connectivity index (χ4n) is 2.81. The summed E-state index contributed by atoms with van der Waals surface area (Å²) >= 11 is 3.60. The summed E-state index contributed by atoms with van der Waals surface area (Å²) in [7, 11) is 1.63. The highest BCUT2D eigenvalue weighted by molar-refractivity contribution is 9.10. The summed E-state index contributed by atoms with van der Waals surface area (Å²) < 4.78 is 17.5. The zero-order chi connectivity index (χ0) is 21.3. The lowest BCUT2D eigenvalue weighted by Crippen LogP contribution is -2.17. The number of methoxy groups -OCH3 is 1. The number of hydrogen-bond acceptors (Lipinski definition) is 5. The van der Waals surface area contributed by atoms with Gasteiger partial charge in [-0.15, -0.1) is 0 Å². The number of halogens is 1. The molecular formula is C23H30BrNO4. The number of hydrogen-bond donors (Lipinski definition) is 1. The van der Waals surface area contributed by atoms with Gasteiger partial charge >= 0.3 is 0 Å². The number of rotatable bonds is 10. The monoisotopic (exact) mass is 463 g/mol. The second kappa shape index (κ2) is 11.5. The molecule has 1 N–H and O–H groups in total. The molecule has 5 nitrogen and oxygen atoms in total. The molecule has 0 radical (unpaired) electrons. The molecule has 0 saturated heterocycles. The molecule has 2 aromatic carbocycles. The summed E-state index contributed by atoms with van der Waals surface area (Å²) in [5, 5.41) is 9.80. The van der Waals surface area contributed by atoms with Crippen molar-refractivity contribution >= 4 is 22.1 Å². The number of aliphatic hydroxyl groups excluding tert-OH is 1. The average molecular weight is 464 g/mol. The van der Waals surface area contributed by atoms with E-state index < -0.39 is 0 Å². The van der Waals surface area contributed by atoms with Crippen LogP contribution >= 0.6 is 15.9 Å². The SMILES string of the molecule is COCCOCOc1c(/C=N/[C@H](CO)c2ccccc2)cc(Br)cc1C(C)(C)C. The zero-order valence-corrected chi connectivity index (χ0v) is 19.1. The van der Waals surface area contributed by atoms with Crippen LogP contribution in [0.2, 0.25) is 0 Å². The molecule has 158 valence electrons. The average Bonchev–Trinajstić information content (AvgIpc) is 2.69. The van der Waals surface area contributed by atoms with Gasteiger partial charge in [0.25, 0.3) is 0 Å². The van der Waals surface area contributed by atoms with Gasteiger partial charge in [0, 0.05) is 28.9 Å². The number of nitrogens with zero attached hydrogens (tertiary/aromatic N) is 1. The van der Waals surface area contributed by atoms with E-state index in [9.17, 15) is 5.11 Å². The van der Waals surface area contributed by atoms with Gasteiger partial charge in [0.2, 0.25) is 0 Å². The topological polar surface area (TPSA) is 60.3 Å². The maximum Gasteiger partial charge on any atom is 0.189 e. The largest absolute Gasteiger partial charge is 0.467 e. The third-order valence-corrected chi connectivity index (χ3v) is 4.82. The van der Waals surface area contributed by atoms with Crippen LogP contribution in [0.1, 0.15) is 43.5 Å². The van der Waals surface area contributed by atoms with Crippen LogP contribution in [0.4, 0.5) is 0 Å². The molecule has 0 fully saturated rings. The fourth-order valence-corrected chi connectivity index (χ4v) is 3.29. The second-order valence-corrected chi connectivity index (χ2v) is 8.59. The van der Waals surface area contributed by atoms with E-state index in [2.05, 4.69) is 47.8 Å². The number of benzene rings is 2. The van der Waals surface area contributed by atoms with Gasteiger partial charge in [-0.2, -0.15) is 0 Å². The van der Waals surface area contributed by atoms with Gasteiger partial charge in [-0.3, -0.25) is 4.99 Å². The van der Waals surface area contributed by atoms with Crippen LogP contribution in [-0.4, -0.2) is 45.0 Å². The summed E-state index contributed by atoms with van der Waals surface area (Å²) in [6, 6.07) is 13.4. The van der Waals surface area contributed by atoms with E-state index in [1.165, 1.54) is 0 Å². The summed E-state index contributed by atoms with van der Waals surface area (Å²) in [4.78, 5) is 4.63. The van der Waals surface area contributed by atoms with Gasteiger partial charge in [0.15, 0.2) is 6.79 Å². The first-order valence-electron chi connectivity index (χ1n) is 9.59. The Morgan fingerprint density at radius 3 is 2.48 bits per heavy atom. The molecule has 0 unspecified atom stereocenters. The molecule has 1 atom stereocenters. The zero-order valence-electron chi connectivity index (χ0n) is 17.5. The lowest BCUT2D eigenvalue weighted by atomic mass is 9.85. The molecule has 0 bridgehead atoms. The van der Waals surface area contributed by atoms with Crippen molar-refractivity contribution in [3.8, 4) is 5.75 Å². The Labute approximate surface area is 181 Å². The summed E-state index contributed by atoms with van der Waals surface area (Å²) in [6.45, 7) is 7.42. The molecular weight excluding hydrogens is 434 g/mol. The van der Waals surface area contributed by atoms with Crippen molar-refractivity contribution in [2.75, 3.05) is 33.7 Å². The first-order chi connectivity index (χ1) is 13.9. The van der Waals surface area contributed by atoms with Crippen LogP contribution in [0.3, 0.4) is 0 Å². The van der Waals surface area contributed by atoms with Crippen molar-refractivity contribution in [3.63, 3.8) is 0 Å². The molecule has 2 rings (SSSR count). The highest BCUT2D eigenvalue weighted by atomic mass is 79.9. The Morgan fingerprint density at radius 2 is 1.86 bits per heavy atom. The van der Waals surface area contributed by atoms with Crippen LogP contribution in [0, 0.1) is 0 Å². The second-order valence-electron chi connectivity index (χ2n) is 7.67. The minimum atomic E-state index is -0.334. The molecule has 0 aliphatic rings. The lowest BCUT2D eigenvalue weighted by Gasteiger charge is -2.24. The van der Waals surface area contributed by atoms with Crippen LogP contribution < -0.4 is 4.74 Å². The lowest BCUT2D eigenvalue weighted by molar-refractivity contribution is -0.00924. The molecule has 0 spiro atoms. The van der Waals surface area contributed by atoms with Crippen molar-refractivity contribution in [1.29, 1.82) is 0 Å². The maximum absolute atomic E-state index is 9.80. The summed E-state index contributed by atoms with van der Waals surface area (Å²) in [6.07, 6.45) is 1.76. The van der Waals surface area contributed by atoms with Crippen LogP contribution in [0.15, 0.2) is 51.9 Å². The van der Waals surface area contributed by atoms with Gasteiger partial charge < -0.3 is 19.3 Å². The first-order valence-corrected chi connectivity index (χ1v) is 10.4. The molecule has 0 saturated carbocycles. The standard InChI is InChI=1S/C23H30BrNO4/c1-23(2,3)20-13-19(24)12-18(22(20)29-16-28-11-10-27-4)14-25-21(15-26)17-8-6-5-7-9-17/h5-9,12-14,21,26H,10-11,15-16H2,1-4H3/b25-14+/t21-/m1/s1. The highest BCUT2D eigenvalue weighted by Gasteiger charge is 2.22. The van der Waals surface area contributed by atoms with Gasteiger partial charge in [-0.1, -0.05) is 67.0 Å². The van der Waals surface area contributed by atoms with Crippen molar-refractivity contribution in [2.45, 2.75) is 32.2 Å². The molecule has 29 heavy (non-hydrogen) atoms. The number of aliphatic hydroxyl groups is 1. The van der Waals surface area contributed by atoms with Crippen LogP contribution in [-0.2, 0) is 14.9 Å². The summed E-state index contributed by atoms with van der Waals surface area (Å²) in [5.41, 5.74) is 2.70. The fraction of sp³-hybridized carbons (Fsp3) is 0.435. The third-order valence-electron chi connectivity index (χ3n) is 4.36. The molecule has 0 aliphatic carbocycles. The quantitative estimate of drug-likeness (QED) is 0.309. The Balaban J connectivity index is 2.34. The first kappa shape index (κ1) is 23.5. The summed E-state index contributed by atoms with van der Waals surface area (Å²) in [5.74, 6) is 0.728. The molecule has 0 aliphatic heterocycles. The predicted octanol–water partition coefficient (Wildman–Crippen LogP) is 4.90. The number of aliphatic imine (C=N–C) groups is 1. The van der Waals surface area contributed by atoms with E-state index in [4.69, 9.17) is 14.2 Å². The smallest absolute Gasteiger partial charge is 0.189 e. The highest BCUT2D eigenvalue weighted by Crippen LogP contribution is 2.36. The number of ether oxygens (including phenoxy) is 3. The van der Waals surface area contributed by atoms with Gasteiger partial charge in [0.05, 0.1) is 25.9 Å². The van der Waals surface area contributed by atoms with E-state index in [1.807, 2.05) is 36.4 Å². The van der Waals surface area contributed by atoms with Crippen molar-refractivity contribution in [3.05, 3.63) is 63.6 Å². The van der Waals surface area contributed by atoms with E-state index in [0.29, 0.717) is 13.2 Å². The molecule has 0 aromatic heterocycles. The minimum Gasteiger partial charge on any atom is -0.467 e. The van der Waals surface area contributed by atoms with Gasteiger partial charge in [0.1, 0.15) is 5.75 Å². The predicted molar refractivity (Wildman–Crippen MR) is 120 cm³/mol. The maximum atomic E-state index is 9.80. The Hall–Kier alpha value is -1.73. The van der Waals surface area contributed by atoms with Gasteiger partial charge in [-0.05, 0) is 23.1 Å². The molecule has 0 amide bonds. The van der Waals surface area contributed by atoms with Crippen LogP contribution in [0.25, 0.3) is 0 Å². The Bertz CT molecular complexity index is 787. The molecule has 6 heteroatoms. The normalized spacial score (nSPS) is 13.0. The van der Waals surface area contributed by atoms with Crippen molar-refractivity contribution < 1.29 is 19.3 Å². The Kier molecular flexibility index (Phi) is 9.30. The minimum absolute atomic E-state index is 0.0725. The van der Waals surface area contributed by atoms with Crippen molar-refractivity contribution in [2.24, 2.45) is 4.99 Å². The molecule has 2 aromatic rings. The van der Waals surface area contributed by atoms with E-state index in [0.717, 1.165) is 26.9 Å². The Morgan fingerprint density at radius 1 is 1.14 bits per heavy atom. The van der Waals surface area contributed by atoms with Gasteiger partial charge in [-0.25, -0.2) is 0 Å². The van der Waals surface area contributed by atoms with E-state index in [-0.39, 0.29) is 24.9 Å². The third kappa shape index (κ3) is 7.23.